The highest BCUT2D eigenvalue weighted by atomic mass is 28.4. The van der Waals surface area contributed by atoms with Crippen molar-refractivity contribution in [2.45, 2.75) is 13.1 Å². The molecule has 3 nitrogen and oxygen atoms in total. The quantitative estimate of drug-likeness (QED) is 0.464. The van der Waals surface area contributed by atoms with Crippen molar-refractivity contribution in [1.29, 1.82) is 0 Å². The zero-order chi connectivity index (χ0) is 7.33. The van der Waals surface area contributed by atoms with Gasteiger partial charge in [-0.2, -0.15) is 0 Å². The molecule has 0 fully saturated rings. The highest BCUT2D eigenvalue weighted by Gasteiger charge is 2.17. The Morgan fingerprint density at radius 3 is 2.22 bits per heavy atom. The molecule has 0 spiro atoms. The first kappa shape index (κ1) is 9.10. The molecule has 0 aliphatic carbocycles. The molecule has 0 saturated carbocycles. The van der Waals surface area contributed by atoms with E-state index in [1.807, 2.05) is 0 Å². The van der Waals surface area contributed by atoms with Crippen LogP contribution in [0.5, 0.6) is 0 Å². The van der Waals surface area contributed by atoms with Crippen LogP contribution in [-0.2, 0) is 9.16 Å². The molecule has 0 aliphatic heterocycles. The maximum absolute atomic E-state index is 9.11. The Labute approximate surface area is 56.8 Å². The van der Waals surface area contributed by atoms with Crippen LogP contribution in [0.1, 0.15) is 0 Å². The zero-order valence-corrected chi connectivity index (χ0v) is 7.18. The van der Waals surface area contributed by atoms with Crippen LogP contribution >= 0.6 is 0 Å². The van der Waals surface area contributed by atoms with Crippen molar-refractivity contribution < 1.29 is 14.0 Å². The highest BCUT2D eigenvalue weighted by Crippen LogP contribution is 1.96. The largest absolute Gasteiger partial charge is 0.411 e. The first-order chi connectivity index (χ1) is 4.06. The number of ether oxygens (including phenoxy) is 1. The van der Waals surface area contributed by atoms with Gasteiger partial charge < -0.3 is 14.0 Å². The van der Waals surface area contributed by atoms with Crippen molar-refractivity contribution in [2.75, 3.05) is 20.3 Å². The van der Waals surface area contributed by atoms with Crippen molar-refractivity contribution in [2.24, 2.45) is 0 Å². The second kappa shape index (κ2) is 4.00. The van der Waals surface area contributed by atoms with E-state index < -0.39 is 8.56 Å². The van der Waals surface area contributed by atoms with Crippen molar-refractivity contribution in [1.82, 2.24) is 0 Å². The van der Waals surface area contributed by atoms with E-state index in [-0.39, 0.29) is 0 Å². The summed E-state index contributed by atoms with van der Waals surface area (Å²) >= 11 is 0. The predicted octanol–water partition coefficient (Wildman–Crippen LogP) is 0.344. The number of hydrogen-bond donors (Lipinski definition) is 1. The molecule has 0 aromatic heterocycles. The van der Waals surface area contributed by atoms with Crippen LogP contribution < -0.4 is 0 Å². The first-order valence-corrected chi connectivity index (χ1v) is 5.77. The molecule has 4 heteroatoms. The molecule has 9 heavy (non-hydrogen) atoms. The van der Waals surface area contributed by atoms with Crippen LogP contribution in [0.15, 0.2) is 0 Å². The van der Waals surface area contributed by atoms with Gasteiger partial charge in [0.15, 0.2) is 0 Å². The third-order valence-corrected chi connectivity index (χ3v) is 1.65. The molecule has 0 atom stereocenters. The summed E-state index contributed by atoms with van der Waals surface area (Å²) in [6.07, 6.45) is 0. The lowest BCUT2D eigenvalue weighted by Gasteiger charge is -2.13. The summed E-state index contributed by atoms with van der Waals surface area (Å²) in [7, 11) is -0.668. The van der Waals surface area contributed by atoms with Crippen molar-refractivity contribution in [3.05, 3.63) is 0 Å². The third kappa shape index (κ3) is 8.10. The molecule has 0 saturated heterocycles. The minimum atomic E-state index is -2.27. The van der Waals surface area contributed by atoms with Crippen molar-refractivity contribution in [3.63, 3.8) is 0 Å². The molecule has 0 radical (unpaired) electrons. The van der Waals surface area contributed by atoms with E-state index in [4.69, 9.17) is 14.0 Å². The number of hydrogen-bond acceptors (Lipinski definition) is 3. The lowest BCUT2D eigenvalue weighted by molar-refractivity contribution is 0.128. The fourth-order valence-electron chi connectivity index (χ4n) is 0.375. The highest BCUT2D eigenvalue weighted by molar-refractivity contribution is 6.63. The molecule has 0 aromatic carbocycles. The van der Waals surface area contributed by atoms with Crippen LogP contribution in [0.25, 0.3) is 0 Å². The van der Waals surface area contributed by atoms with Gasteiger partial charge in [0.2, 0.25) is 0 Å². The molecule has 0 aromatic rings. The summed E-state index contributed by atoms with van der Waals surface area (Å²) in [4.78, 5) is 9.11. The van der Waals surface area contributed by atoms with E-state index in [0.717, 1.165) is 0 Å². The molecule has 0 rings (SSSR count). The molecular formula is C5H14O3Si. The van der Waals surface area contributed by atoms with E-state index in [1.165, 1.54) is 0 Å². The van der Waals surface area contributed by atoms with Crippen LogP contribution in [0.4, 0.5) is 0 Å². The Kier molecular flexibility index (Phi) is 4.04. The van der Waals surface area contributed by atoms with Crippen LogP contribution in [0.2, 0.25) is 13.1 Å². The zero-order valence-electron chi connectivity index (χ0n) is 6.18. The van der Waals surface area contributed by atoms with Gasteiger partial charge in [0.25, 0.3) is 0 Å². The normalized spacial score (nSPS) is 12.0. The van der Waals surface area contributed by atoms with Crippen LogP contribution in [-0.4, -0.2) is 33.7 Å². The van der Waals surface area contributed by atoms with Crippen LogP contribution in [0, 0.1) is 0 Å². The molecule has 56 valence electrons. The topological polar surface area (TPSA) is 38.7 Å². The minimum Gasteiger partial charge on any atom is -0.411 e. The SMILES string of the molecule is COCCO[Si](C)(C)O. The average Bonchev–Trinajstić information content (AvgIpc) is 1.63. The summed E-state index contributed by atoms with van der Waals surface area (Å²) in [5, 5.41) is 0. The predicted molar refractivity (Wildman–Crippen MR) is 37.5 cm³/mol. The second-order valence-corrected chi connectivity index (χ2v) is 5.47. The van der Waals surface area contributed by atoms with Gasteiger partial charge in [0.05, 0.1) is 13.2 Å². The van der Waals surface area contributed by atoms with Gasteiger partial charge in [-0.05, 0) is 13.1 Å². The Hall–Kier alpha value is 0.0969. The van der Waals surface area contributed by atoms with Gasteiger partial charge in [-0.3, -0.25) is 0 Å². The summed E-state index contributed by atoms with van der Waals surface area (Å²) in [5.41, 5.74) is 0. The Morgan fingerprint density at radius 2 is 1.89 bits per heavy atom. The Morgan fingerprint density at radius 1 is 1.33 bits per heavy atom. The average molecular weight is 150 g/mol. The molecule has 1 N–H and O–H groups in total. The molecule has 0 heterocycles. The van der Waals surface area contributed by atoms with Gasteiger partial charge in [0, 0.05) is 7.11 Å². The van der Waals surface area contributed by atoms with Gasteiger partial charge in [-0.15, -0.1) is 0 Å². The number of rotatable bonds is 4. The fourth-order valence-corrected chi connectivity index (χ4v) is 0.958. The summed E-state index contributed by atoms with van der Waals surface area (Å²) in [5.74, 6) is 0. The van der Waals surface area contributed by atoms with Gasteiger partial charge in [-0.25, -0.2) is 0 Å². The lowest BCUT2D eigenvalue weighted by Crippen LogP contribution is -2.31. The van der Waals surface area contributed by atoms with Gasteiger partial charge in [0.1, 0.15) is 0 Å². The van der Waals surface area contributed by atoms with E-state index in [1.54, 1.807) is 20.2 Å². The van der Waals surface area contributed by atoms with Crippen molar-refractivity contribution in [3.8, 4) is 0 Å². The summed E-state index contributed by atoms with van der Waals surface area (Å²) < 4.78 is 9.76. The van der Waals surface area contributed by atoms with Crippen molar-refractivity contribution >= 4 is 8.56 Å². The Bertz CT molecular complexity index is 69.1. The standard InChI is InChI=1S/C5H14O3Si/c1-7-4-5-8-9(2,3)6/h6H,4-5H2,1-3H3. The number of methoxy groups -OCH3 is 1. The first-order valence-electron chi connectivity index (χ1n) is 2.91. The van der Waals surface area contributed by atoms with E-state index >= 15 is 0 Å². The van der Waals surface area contributed by atoms with E-state index in [9.17, 15) is 0 Å². The molecule has 0 aliphatic rings. The third-order valence-electron chi connectivity index (χ3n) is 0.743. The fraction of sp³-hybridized carbons (Fsp3) is 1.00. The van der Waals surface area contributed by atoms with Crippen LogP contribution in [0.3, 0.4) is 0 Å². The van der Waals surface area contributed by atoms with Gasteiger partial charge >= 0.3 is 8.56 Å². The molecule has 0 unspecified atom stereocenters. The molecule has 0 amide bonds. The molecular weight excluding hydrogens is 136 g/mol. The molecule has 0 bridgehead atoms. The van der Waals surface area contributed by atoms with E-state index in [2.05, 4.69) is 0 Å². The van der Waals surface area contributed by atoms with Gasteiger partial charge in [-0.1, -0.05) is 0 Å². The smallest absolute Gasteiger partial charge is 0.329 e. The monoisotopic (exact) mass is 150 g/mol. The minimum absolute atomic E-state index is 0.492. The maximum atomic E-state index is 9.11. The summed E-state index contributed by atoms with van der Waals surface area (Å²) in [6, 6.07) is 0. The second-order valence-electron chi connectivity index (χ2n) is 2.29. The Balaban J connectivity index is 3.07. The summed E-state index contributed by atoms with van der Waals surface area (Å²) in [6.45, 7) is 4.49. The maximum Gasteiger partial charge on any atom is 0.329 e. The lowest BCUT2D eigenvalue weighted by atomic mass is 10.8. The van der Waals surface area contributed by atoms with E-state index in [0.29, 0.717) is 13.2 Å².